The normalized spacial score (nSPS) is 38.6. The zero-order valence-electron chi connectivity index (χ0n) is 13.0. The van der Waals surface area contributed by atoms with E-state index in [1.165, 1.54) is 0 Å². The fraction of sp³-hybridized carbons (Fsp3) is 0.765. The van der Waals surface area contributed by atoms with Gasteiger partial charge in [-0.1, -0.05) is 6.92 Å². The van der Waals surface area contributed by atoms with Gasteiger partial charge < -0.3 is 14.6 Å². The van der Waals surface area contributed by atoms with Crippen LogP contribution in [0.3, 0.4) is 0 Å². The zero-order valence-corrected chi connectivity index (χ0v) is 13.0. The molecule has 0 saturated heterocycles. The third-order valence-corrected chi connectivity index (χ3v) is 5.54. The first-order chi connectivity index (χ1) is 10.5. The molecular formula is C17H24O5. The molecule has 5 heteroatoms. The lowest BCUT2D eigenvalue weighted by atomic mass is 9.50. The van der Waals surface area contributed by atoms with Crippen LogP contribution in [0, 0.1) is 29.6 Å². The van der Waals surface area contributed by atoms with Gasteiger partial charge in [0.2, 0.25) is 0 Å². The molecule has 6 unspecified atom stereocenters. The fourth-order valence-electron chi connectivity index (χ4n) is 4.90. The number of hydrogen-bond acceptors (Lipinski definition) is 5. The summed E-state index contributed by atoms with van der Waals surface area (Å²) >= 11 is 0. The smallest absolute Gasteiger partial charge is 0.373 e. The van der Waals surface area contributed by atoms with Crippen molar-refractivity contribution in [1.29, 1.82) is 0 Å². The molecule has 4 rings (SSSR count). The van der Waals surface area contributed by atoms with E-state index in [-0.39, 0.29) is 23.9 Å². The molecule has 4 bridgehead atoms. The third kappa shape index (κ3) is 2.61. The van der Waals surface area contributed by atoms with Crippen LogP contribution in [0.4, 0.5) is 0 Å². The lowest BCUT2D eigenvalue weighted by Crippen LogP contribution is -2.57. The summed E-state index contributed by atoms with van der Waals surface area (Å²) in [4.78, 5) is 24.1. The molecule has 22 heavy (non-hydrogen) atoms. The van der Waals surface area contributed by atoms with Crippen LogP contribution in [-0.4, -0.2) is 29.8 Å². The summed E-state index contributed by atoms with van der Waals surface area (Å²) in [6, 6.07) is 0. The van der Waals surface area contributed by atoms with Gasteiger partial charge in [0.1, 0.15) is 6.10 Å². The molecule has 0 aromatic rings. The van der Waals surface area contributed by atoms with E-state index in [4.69, 9.17) is 9.47 Å². The van der Waals surface area contributed by atoms with E-state index in [0.717, 1.165) is 32.1 Å². The van der Waals surface area contributed by atoms with Gasteiger partial charge in [-0.3, -0.25) is 4.79 Å². The number of aliphatic hydroxyl groups excluding tert-OH is 1. The SMILES string of the molecule is C=C(O)C(=O)OC1C2CC3CC(C2)C(C(=O)OCCC)C1C3. The van der Waals surface area contributed by atoms with Crippen LogP contribution >= 0.6 is 0 Å². The molecule has 0 radical (unpaired) electrons. The second-order valence-electron chi connectivity index (χ2n) is 7.00. The third-order valence-electron chi connectivity index (χ3n) is 5.54. The van der Waals surface area contributed by atoms with Gasteiger partial charge in [-0.2, -0.15) is 0 Å². The molecule has 0 amide bonds. The molecule has 122 valence electrons. The molecule has 6 atom stereocenters. The molecule has 0 aromatic carbocycles. The number of rotatable bonds is 5. The van der Waals surface area contributed by atoms with Crippen molar-refractivity contribution in [3.8, 4) is 0 Å². The van der Waals surface area contributed by atoms with Gasteiger partial charge in [0, 0.05) is 5.92 Å². The number of carbonyl (C=O) groups excluding carboxylic acids is 2. The van der Waals surface area contributed by atoms with Gasteiger partial charge in [0.25, 0.3) is 0 Å². The Morgan fingerprint density at radius 3 is 2.59 bits per heavy atom. The molecule has 4 saturated carbocycles. The molecule has 4 fully saturated rings. The Labute approximate surface area is 130 Å². The quantitative estimate of drug-likeness (QED) is 0.480. The highest BCUT2D eigenvalue weighted by Gasteiger charge is 2.57. The van der Waals surface area contributed by atoms with Crippen molar-refractivity contribution in [1.82, 2.24) is 0 Å². The van der Waals surface area contributed by atoms with Crippen LogP contribution in [0.5, 0.6) is 0 Å². The van der Waals surface area contributed by atoms with Gasteiger partial charge in [-0.25, -0.2) is 4.79 Å². The van der Waals surface area contributed by atoms with Gasteiger partial charge in [-0.15, -0.1) is 0 Å². The Morgan fingerprint density at radius 2 is 1.91 bits per heavy atom. The Balaban J connectivity index is 1.76. The van der Waals surface area contributed by atoms with Crippen LogP contribution in [0.25, 0.3) is 0 Å². The fourth-order valence-corrected chi connectivity index (χ4v) is 4.90. The van der Waals surface area contributed by atoms with Crippen LogP contribution < -0.4 is 0 Å². The highest BCUT2D eigenvalue weighted by molar-refractivity contribution is 5.85. The van der Waals surface area contributed by atoms with Crippen molar-refractivity contribution >= 4 is 11.9 Å². The Bertz CT molecular complexity index is 485. The first-order valence-corrected chi connectivity index (χ1v) is 8.26. The Hall–Kier alpha value is -1.52. The summed E-state index contributed by atoms with van der Waals surface area (Å²) in [5.41, 5.74) is 0. The highest BCUT2D eigenvalue weighted by Crippen LogP contribution is 2.57. The average Bonchev–Trinajstić information content (AvgIpc) is 2.47. The standard InChI is InChI=1S/C17H24O5/c1-3-4-21-17(20)14-11-5-10-6-12(8-11)15(13(14)7-10)22-16(19)9(2)18/h10-15,18H,2-8H2,1H3. The van der Waals surface area contributed by atoms with Crippen molar-refractivity contribution < 1.29 is 24.2 Å². The highest BCUT2D eigenvalue weighted by atomic mass is 16.6. The molecule has 5 nitrogen and oxygen atoms in total. The molecule has 0 spiro atoms. The lowest BCUT2D eigenvalue weighted by molar-refractivity contribution is -0.192. The monoisotopic (exact) mass is 308 g/mol. The van der Waals surface area contributed by atoms with Crippen molar-refractivity contribution in [2.75, 3.05) is 6.61 Å². The molecule has 4 aliphatic rings. The van der Waals surface area contributed by atoms with Gasteiger partial charge in [0.05, 0.1) is 12.5 Å². The van der Waals surface area contributed by atoms with E-state index in [1.807, 2.05) is 6.92 Å². The Morgan fingerprint density at radius 1 is 1.18 bits per heavy atom. The van der Waals surface area contributed by atoms with Crippen LogP contribution in [0.15, 0.2) is 12.3 Å². The zero-order chi connectivity index (χ0) is 15.9. The summed E-state index contributed by atoms with van der Waals surface area (Å²) < 4.78 is 10.8. The van der Waals surface area contributed by atoms with E-state index in [9.17, 15) is 14.7 Å². The summed E-state index contributed by atoms with van der Waals surface area (Å²) in [7, 11) is 0. The maximum absolute atomic E-state index is 12.4. The first kappa shape index (κ1) is 15.4. The van der Waals surface area contributed by atoms with E-state index >= 15 is 0 Å². The maximum atomic E-state index is 12.4. The molecule has 1 N–H and O–H groups in total. The van der Waals surface area contributed by atoms with Crippen LogP contribution in [-0.2, 0) is 19.1 Å². The van der Waals surface area contributed by atoms with Crippen molar-refractivity contribution in [2.24, 2.45) is 29.6 Å². The summed E-state index contributed by atoms with van der Waals surface area (Å²) in [5, 5.41) is 9.21. The van der Waals surface area contributed by atoms with Crippen LogP contribution in [0.2, 0.25) is 0 Å². The van der Waals surface area contributed by atoms with E-state index in [1.54, 1.807) is 0 Å². The number of hydrogen-bond donors (Lipinski definition) is 1. The number of carbonyl (C=O) groups is 2. The second kappa shape index (κ2) is 5.94. The largest absolute Gasteiger partial charge is 0.502 e. The molecule has 0 heterocycles. The minimum absolute atomic E-state index is 0.0314. The molecule has 0 aliphatic heterocycles. The molecule has 0 aromatic heterocycles. The predicted molar refractivity (Wildman–Crippen MR) is 78.8 cm³/mol. The van der Waals surface area contributed by atoms with Crippen molar-refractivity contribution in [3.63, 3.8) is 0 Å². The summed E-state index contributed by atoms with van der Waals surface area (Å²) in [5.74, 6) is -0.305. The minimum atomic E-state index is -0.766. The van der Waals surface area contributed by atoms with Gasteiger partial charge >= 0.3 is 11.9 Å². The van der Waals surface area contributed by atoms with Crippen molar-refractivity contribution in [2.45, 2.75) is 45.1 Å². The number of aliphatic hydroxyl groups is 1. The summed E-state index contributed by atoms with van der Waals surface area (Å²) in [6.45, 7) is 5.64. The van der Waals surface area contributed by atoms with Crippen LogP contribution in [0.1, 0.15) is 39.0 Å². The lowest BCUT2D eigenvalue weighted by Gasteiger charge is -2.56. The first-order valence-electron chi connectivity index (χ1n) is 8.26. The molecule has 4 aliphatic carbocycles. The van der Waals surface area contributed by atoms with Gasteiger partial charge in [0.15, 0.2) is 5.76 Å². The number of esters is 2. The summed E-state index contributed by atoms with van der Waals surface area (Å²) in [6.07, 6.45) is 4.49. The topological polar surface area (TPSA) is 72.8 Å². The van der Waals surface area contributed by atoms with E-state index < -0.39 is 11.7 Å². The van der Waals surface area contributed by atoms with Gasteiger partial charge in [-0.05, 0) is 56.4 Å². The maximum Gasteiger partial charge on any atom is 0.373 e. The molecular weight excluding hydrogens is 284 g/mol. The average molecular weight is 308 g/mol. The van der Waals surface area contributed by atoms with E-state index in [0.29, 0.717) is 24.4 Å². The second-order valence-corrected chi connectivity index (χ2v) is 7.00. The van der Waals surface area contributed by atoms with E-state index in [2.05, 4.69) is 6.58 Å². The Kier molecular flexibility index (Phi) is 4.15. The van der Waals surface area contributed by atoms with Crippen molar-refractivity contribution in [3.05, 3.63) is 12.3 Å². The minimum Gasteiger partial charge on any atom is -0.502 e. The predicted octanol–water partition coefficient (Wildman–Crippen LogP) is 2.61. The number of ether oxygens (including phenoxy) is 2.